The zero-order valence-corrected chi connectivity index (χ0v) is 26.1. The van der Waals surface area contributed by atoms with Gasteiger partial charge in [0.15, 0.2) is 0 Å². The Morgan fingerprint density at radius 1 is 0.814 bits per heavy atom. The van der Waals surface area contributed by atoms with Crippen molar-refractivity contribution < 1.29 is 18.0 Å². The molecule has 9 heteroatoms. The Morgan fingerprint density at radius 2 is 1.42 bits per heavy atom. The fourth-order valence-corrected chi connectivity index (χ4v) is 6.34. The summed E-state index contributed by atoms with van der Waals surface area (Å²) in [5.74, 6) is -0.825. The van der Waals surface area contributed by atoms with Gasteiger partial charge in [0.1, 0.15) is 12.6 Å². The number of rotatable bonds is 12. The number of sulfonamides is 1. The van der Waals surface area contributed by atoms with Crippen LogP contribution in [0, 0.1) is 6.92 Å². The molecule has 0 radical (unpaired) electrons. The molecule has 0 spiro atoms. The van der Waals surface area contributed by atoms with Crippen molar-refractivity contribution in [3.63, 3.8) is 0 Å². The van der Waals surface area contributed by atoms with Crippen molar-refractivity contribution in [2.75, 3.05) is 10.8 Å². The number of hydrogen-bond acceptors (Lipinski definition) is 4. The third-order valence-electron chi connectivity index (χ3n) is 6.86. The first kappa shape index (κ1) is 31.8. The van der Waals surface area contributed by atoms with E-state index in [2.05, 4.69) is 5.32 Å². The average Bonchev–Trinajstić information content (AvgIpc) is 2.98. The second-order valence-electron chi connectivity index (χ2n) is 10.7. The van der Waals surface area contributed by atoms with Crippen LogP contribution in [0.1, 0.15) is 30.5 Å². The van der Waals surface area contributed by atoms with Gasteiger partial charge in [-0.05, 0) is 68.3 Å². The minimum absolute atomic E-state index is 0.00262. The number of para-hydroxylation sites is 1. The lowest BCUT2D eigenvalue weighted by Crippen LogP contribution is -2.54. The molecule has 0 saturated heterocycles. The van der Waals surface area contributed by atoms with Crippen LogP contribution < -0.4 is 9.62 Å². The van der Waals surface area contributed by atoms with Gasteiger partial charge in [0.05, 0.1) is 10.6 Å². The maximum absolute atomic E-state index is 14.4. The number of carbonyl (C=O) groups is 2. The summed E-state index contributed by atoms with van der Waals surface area (Å²) >= 11 is 6.03. The molecule has 4 aromatic rings. The molecule has 0 bridgehead atoms. The number of anilines is 1. The number of nitrogens with one attached hydrogen (secondary N) is 1. The van der Waals surface area contributed by atoms with Crippen molar-refractivity contribution in [2.24, 2.45) is 0 Å². The van der Waals surface area contributed by atoms with Gasteiger partial charge in [-0.1, -0.05) is 90.0 Å². The van der Waals surface area contributed by atoms with Gasteiger partial charge in [0, 0.05) is 24.0 Å². The SMILES string of the molecule is Cc1cccc(CN(C(=O)CN(c2ccccc2)S(=O)(=O)c2ccc(Cl)cc2)[C@@H](Cc2ccccc2)C(=O)NC(C)C)c1. The molecular formula is C34H36ClN3O4S. The standard InChI is InChI=1S/C34H36ClN3O4S/c1-25(2)36-34(40)32(22-27-12-6-4-7-13-27)37(23-28-14-10-11-26(3)21-28)33(39)24-38(30-15-8-5-9-16-30)43(41,42)31-19-17-29(35)18-20-31/h4-21,25,32H,22-24H2,1-3H3,(H,36,40)/t32-/m0/s1. The summed E-state index contributed by atoms with van der Waals surface area (Å²) in [5, 5.41) is 3.36. The summed E-state index contributed by atoms with van der Waals surface area (Å²) in [6.07, 6.45) is 0.256. The molecule has 0 saturated carbocycles. The second kappa shape index (κ2) is 14.4. The van der Waals surface area contributed by atoms with Crippen LogP contribution in [-0.2, 0) is 32.6 Å². The molecule has 4 aromatic carbocycles. The fraction of sp³-hybridized carbons (Fsp3) is 0.235. The topological polar surface area (TPSA) is 86.8 Å². The van der Waals surface area contributed by atoms with E-state index in [4.69, 9.17) is 11.6 Å². The Balaban J connectivity index is 1.79. The highest BCUT2D eigenvalue weighted by Crippen LogP contribution is 2.26. The second-order valence-corrected chi connectivity index (χ2v) is 13.0. The molecule has 224 valence electrons. The van der Waals surface area contributed by atoms with Crippen LogP contribution in [0.3, 0.4) is 0 Å². The Labute approximate surface area is 259 Å². The predicted molar refractivity (Wildman–Crippen MR) is 171 cm³/mol. The van der Waals surface area contributed by atoms with Gasteiger partial charge in [0.25, 0.3) is 10.0 Å². The van der Waals surface area contributed by atoms with Gasteiger partial charge in [-0.3, -0.25) is 13.9 Å². The normalized spacial score (nSPS) is 12.0. The van der Waals surface area contributed by atoms with Crippen molar-refractivity contribution in [1.29, 1.82) is 0 Å². The average molecular weight is 618 g/mol. The maximum Gasteiger partial charge on any atom is 0.264 e. The summed E-state index contributed by atoms with van der Waals surface area (Å²) in [5.41, 5.74) is 3.04. The quantitative estimate of drug-likeness (QED) is 0.211. The number of amides is 2. The minimum Gasteiger partial charge on any atom is -0.352 e. The smallest absolute Gasteiger partial charge is 0.264 e. The molecule has 43 heavy (non-hydrogen) atoms. The molecule has 0 aliphatic heterocycles. The van der Waals surface area contributed by atoms with Gasteiger partial charge >= 0.3 is 0 Å². The van der Waals surface area contributed by atoms with Crippen LogP contribution in [-0.4, -0.2) is 43.8 Å². The molecule has 0 unspecified atom stereocenters. The van der Waals surface area contributed by atoms with Gasteiger partial charge in [-0.25, -0.2) is 8.42 Å². The van der Waals surface area contributed by atoms with Crippen LogP contribution in [0.2, 0.25) is 5.02 Å². The Bertz CT molecular complexity index is 1630. The molecule has 0 aliphatic rings. The molecule has 1 atom stereocenters. The highest BCUT2D eigenvalue weighted by Gasteiger charge is 2.34. The van der Waals surface area contributed by atoms with E-state index in [1.54, 1.807) is 30.3 Å². The number of hydrogen-bond donors (Lipinski definition) is 1. The van der Waals surface area contributed by atoms with Crippen molar-refractivity contribution >= 4 is 39.1 Å². The Kier molecular flexibility index (Phi) is 10.6. The number of nitrogens with zero attached hydrogens (tertiary/aromatic N) is 2. The monoisotopic (exact) mass is 617 g/mol. The predicted octanol–water partition coefficient (Wildman–Crippen LogP) is 6.01. The molecule has 0 heterocycles. The van der Waals surface area contributed by atoms with Gasteiger partial charge in [-0.2, -0.15) is 0 Å². The van der Waals surface area contributed by atoms with Gasteiger partial charge in [-0.15, -0.1) is 0 Å². The highest BCUT2D eigenvalue weighted by molar-refractivity contribution is 7.92. The summed E-state index contributed by atoms with van der Waals surface area (Å²) < 4.78 is 29.0. The number of aryl methyl sites for hydroxylation is 1. The molecule has 1 N–H and O–H groups in total. The van der Waals surface area contributed by atoms with E-state index in [0.717, 1.165) is 21.0 Å². The van der Waals surface area contributed by atoms with Crippen molar-refractivity contribution in [3.05, 3.63) is 131 Å². The van der Waals surface area contributed by atoms with E-state index in [9.17, 15) is 18.0 Å². The van der Waals surface area contributed by atoms with E-state index >= 15 is 0 Å². The summed E-state index contributed by atoms with van der Waals surface area (Å²) in [7, 11) is -4.18. The largest absolute Gasteiger partial charge is 0.352 e. The highest BCUT2D eigenvalue weighted by atomic mass is 35.5. The first-order valence-corrected chi connectivity index (χ1v) is 15.9. The van der Waals surface area contributed by atoms with Crippen LogP contribution in [0.15, 0.2) is 114 Å². The fourth-order valence-electron chi connectivity index (χ4n) is 4.80. The number of carbonyl (C=O) groups excluding carboxylic acids is 2. The van der Waals surface area contributed by atoms with Crippen molar-refractivity contribution in [1.82, 2.24) is 10.2 Å². The molecule has 7 nitrogen and oxygen atoms in total. The maximum atomic E-state index is 14.4. The van der Waals surface area contributed by atoms with Crippen LogP contribution in [0.4, 0.5) is 5.69 Å². The van der Waals surface area contributed by atoms with E-state index in [1.807, 2.05) is 75.4 Å². The lowest BCUT2D eigenvalue weighted by molar-refractivity contribution is -0.140. The van der Waals surface area contributed by atoms with Gasteiger partial charge in [0.2, 0.25) is 11.8 Å². The lowest BCUT2D eigenvalue weighted by atomic mass is 10.0. The lowest BCUT2D eigenvalue weighted by Gasteiger charge is -2.34. The molecule has 4 rings (SSSR count). The first-order chi connectivity index (χ1) is 20.5. The van der Waals surface area contributed by atoms with Crippen LogP contribution >= 0.6 is 11.6 Å². The van der Waals surface area contributed by atoms with Crippen LogP contribution in [0.5, 0.6) is 0 Å². The Morgan fingerprint density at radius 3 is 2.02 bits per heavy atom. The van der Waals surface area contributed by atoms with E-state index < -0.39 is 28.5 Å². The molecule has 0 fully saturated rings. The van der Waals surface area contributed by atoms with Crippen molar-refractivity contribution in [2.45, 2.75) is 50.7 Å². The molecule has 0 aromatic heterocycles. The Hall–Kier alpha value is -4.14. The molecule has 0 aliphatic carbocycles. The summed E-state index contributed by atoms with van der Waals surface area (Å²) in [6, 6.07) is 30.4. The third-order valence-corrected chi connectivity index (χ3v) is 8.90. The summed E-state index contributed by atoms with van der Waals surface area (Å²) in [6.45, 7) is 5.28. The van der Waals surface area contributed by atoms with Crippen LogP contribution in [0.25, 0.3) is 0 Å². The minimum atomic E-state index is -4.18. The van der Waals surface area contributed by atoms with E-state index in [0.29, 0.717) is 10.7 Å². The third kappa shape index (κ3) is 8.46. The molecular weight excluding hydrogens is 582 g/mol. The van der Waals surface area contributed by atoms with Gasteiger partial charge < -0.3 is 10.2 Å². The number of benzene rings is 4. The molecule has 2 amide bonds. The van der Waals surface area contributed by atoms with E-state index in [1.165, 1.54) is 29.2 Å². The van der Waals surface area contributed by atoms with Crippen molar-refractivity contribution in [3.8, 4) is 0 Å². The first-order valence-electron chi connectivity index (χ1n) is 14.1. The van der Waals surface area contributed by atoms with E-state index in [-0.39, 0.29) is 29.8 Å². The zero-order chi connectivity index (χ0) is 31.0. The summed E-state index contributed by atoms with van der Waals surface area (Å²) in [4.78, 5) is 29.6. The zero-order valence-electron chi connectivity index (χ0n) is 24.5. The number of halogens is 1.